The van der Waals surface area contributed by atoms with Gasteiger partial charge in [-0.25, -0.2) is 14.5 Å². The molecule has 0 bridgehead atoms. The van der Waals surface area contributed by atoms with E-state index < -0.39 is 18.3 Å². The molecule has 0 radical (unpaired) electrons. The molecule has 4 aromatic rings. The molecule has 236 valence electrons. The number of aliphatic imine (C=N–C) groups is 1. The number of ether oxygens (including phenoxy) is 1. The smallest absolute Gasteiger partial charge is 0.406 e. The number of rotatable bonds is 8. The van der Waals surface area contributed by atoms with Crippen LogP contribution in [0.1, 0.15) is 42.4 Å². The number of aromatic nitrogens is 3. The molecule has 0 saturated carbocycles. The number of halogens is 3. The largest absolute Gasteiger partial charge is 0.573 e. The number of urea groups is 1. The van der Waals surface area contributed by atoms with Gasteiger partial charge < -0.3 is 10.1 Å². The van der Waals surface area contributed by atoms with Crippen molar-refractivity contribution in [2.45, 2.75) is 39.0 Å². The number of hydrogen-bond acceptors (Lipinski definition) is 7. The zero-order valence-electron chi connectivity index (χ0n) is 24.9. The van der Waals surface area contributed by atoms with Crippen molar-refractivity contribution in [3.8, 4) is 28.9 Å². The number of hydrogen-bond donors (Lipinski definition) is 1. The van der Waals surface area contributed by atoms with E-state index in [0.29, 0.717) is 28.3 Å². The summed E-state index contributed by atoms with van der Waals surface area (Å²) >= 11 is 1.19. The molecule has 1 aliphatic rings. The Labute approximate surface area is 266 Å². The van der Waals surface area contributed by atoms with Crippen LogP contribution in [0.25, 0.3) is 17.1 Å². The predicted molar refractivity (Wildman–Crippen MR) is 168 cm³/mol. The van der Waals surface area contributed by atoms with Gasteiger partial charge in [0.15, 0.2) is 11.0 Å². The summed E-state index contributed by atoms with van der Waals surface area (Å²) in [5, 5.41) is 17.2. The minimum absolute atomic E-state index is 0.00725. The summed E-state index contributed by atoms with van der Waals surface area (Å²) in [6.45, 7) is 6.07. The first-order valence-electron chi connectivity index (χ1n) is 14.1. The van der Waals surface area contributed by atoms with Crippen LogP contribution in [-0.2, 0) is 4.79 Å². The molecule has 5 rings (SSSR count). The van der Waals surface area contributed by atoms with Gasteiger partial charge in [0.05, 0.1) is 29.1 Å². The predicted octanol–water partition coefficient (Wildman–Crippen LogP) is 6.72. The number of aryl methyl sites for hydroxylation is 1. The van der Waals surface area contributed by atoms with Crippen LogP contribution in [0.4, 0.5) is 23.7 Å². The van der Waals surface area contributed by atoms with Crippen LogP contribution in [0.5, 0.6) is 5.75 Å². The number of benzene rings is 3. The standard InChI is InChI=1S/C32H28F3N7O3S/c1-19(2)28-20(3)5-4-6-26(28)42-27(43)17-46-31(42)39-30(44)37-16-23(15-36)21-7-9-22(10-8-21)29-38-18-41(40-29)24-11-13-25(14-12-24)45-32(33,34)35/h4-14,18-19,23H,16-17H2,1-3H3,(H,37,44)/b39-31-. The van der Waals surface area contributed by atoms with Crippen molar-refractivity contribution in [3.05, 3.63) is 89.7 Å². The maximum Gasteiger partial charge on any atom is 0.573 e. The third kappa shape index (κ3) is 7.37. The number of nitrogens with one attached hydrogen (secondary N) is 1. The fourth-order valence-electron chi connectivity index (χ4n) is 5.03. The average molecular weight is 648 g/mol. The first-order chi connectivity index (χ1) is 21.9. The Morgan fingerprint density at radius 3 is 2.50 bits per heavy atom. The van der Waals surface area contributed by atoms with E-state index in [9.17, 15) is 28.0 Å². The van der Waals surface area contributed by atoms with Gasteiger partial charge in [-0.3, -0.25) is 9.69 Å². The second-order valence-electron chi connectivity index (χ2n) is 10.6. The van der Waals surface area contributed by atoms with Gasteiger partial charge >= 0.3 is 12.4 Å². The molecule has 3 aromatic carbocycles. The zero-order chi connectivity index (χ0) is 33.0. The number of alkyl halides is 3. The second-order valence-corrected chi connectivity index (χ2v) is 11.6. The van der Waals surface area contributed by atoms with Crippen molar-refractivity contribution in [1.29, 1.82) is 5.26 Å². The Morgan fingerprint density at radius 2 is 1.85 bits per heavy atom. The molecule has 1 saturated heterocycles. The summed E-state index contributed by atoms with van der Waals surface area (Å²) in [5.74, 6) is -0.504. The summed E-state index contributed by atoms with van der Waals surface area (Å²) in [6, 6.07) is 19.3. The second kappa shape index (κ2) is 13.5. The molecule has 1 aliphatic heterocycles. The van der Waals surface area contributed by atoms with Gasteiger partial charge in [0.25, 0.3) is 0 Å². The molecule has 1 N–H and O–H groups in total. The Morgan fingerprint density at radius 1 is 1.13 bits per heavy atom. The first-order valence-corrected chi connectivity index (χ1v) is 15.1. The summed E-state index contributed by atoms with van der Waals surface area (Å²) in [6.07, 6.45) is -3.35. The van der Waals surface area contributed by atoms with Crippen molar-refractivity contribution in [2.75, 3.05) is 17.2 Å². The molecule has 1 unspecified atom stereocenters. The maximum atomic E-state index is 12.8. The molecule has 0 aliphatic carbocycles. The summed E-state index contributed by atoms with van der Waals surface area (Å²) in [5.41, 5.74) is 4.53. The van der Waals surface area contributed by atoms with Crippen LogP contribution in [0.2, 0.25) is 0 Å². The highest BCUT2D eigenvalue weighted by atomic mass is 32.2. The SMILES string of the molecule is Cc1cccc(N2C(=O)CS/C2=N\C(=O)NCC(C#N)c2ccc(-c3ncn(-c4ccc(OC(F)(F)F)cc4)n3)cc2)c1C(C)C. The number of thioether (sulfide) groups is 1. The molecule has 14 heteroatoms. The van der Waals surface area contributed by atoms with Gasteiger partial charge in [0, 0.05) is 12.1 Å². The van der Waals surface area contributed by atoms with E-state index in [2.05, 4.69) is 31.2 Å². The molecular formula is C32H28F3N7O3S. The maximum absolute atomic E-state index is 12.8. The van der Waals surface area contributed by atoms with Crippen LogP contribution in [-0.4, -0.2) is 50.5 Å². The number of carbonyl (C=O) groups excluding carboxylic acids is 2. The Hall–Kier alpha value is -5.16. The van der Waals surface area contributed by atoms with E-state index in [1.807, 2.05) is 39.0 Å². The van der Waals surface area contributed by atoms with Crippen molar-refractivity contribution in [2.24, 2.45) is 4.99 Å². The topological polar surface area (TPSA) is 126 Å². The lowest BCUT2D eigenvalue weighted by atomic mass is 9.95. The highest BCUT2D eigenvalue weighted by Gasteiger charge is 2.33. The van der Waals surface area contributed by atoms with E-state index in [-0.39, 0.29) is 35.0 Å². The van der Waals surface area contributed by atoms with Gasteiger partial charge in [-0.15, -0.1) is 18.3 Å². The van der Waals surface area contributed by atoms with E-state index in [1.54, 1.807) is 24.3 Å². The quantitative estimate of drug-likeness (QED) is 0.225. The van der Waals surface area contributed by atoms with Gasteiger partial charge in [0.1, 0.15) is 12.1 Å². The highest BCUT2D eigenvalue weighted by molar-refractivity contribution is 8.15. The molecular weight excluding hydrogens is 619 g/mol. The van der Waals surface area contributed by atoms with E-state index in [4.69, 9.17) is 0 Å². The van der Waals surface area contributed by atoms with Crippen LogP contribution in [0.3, 0.4) is 0 Å². The number of anilines is 1. The summed E-state index contributed by atoms with van der Waals surface area (Å²) in [4.78, 5) is 35.6. The molecule has 1 atom stereocenters. The van der Waals surface area contributed by atoms with Crippen molar-refractivity contribution in [1.82, 2.24) is 20.1 Å². The number of nitriles is 1. The molecule has 3 amide bonds. The van der Waals surface area contributed by atoms with Crippen LogP contribution < -0.4 is 15.0 Å². The van der Waals surface area contributed by atoms with Crippen LogP contribution in [0, 0.1) is 18.3 Å². The lowest BCUT2D eigenvalue weighted by molar-refractivity contribution is -0.274. The minimum atomic E-state index is -4.78. The van der Waals surface area contributed by atoms with Gasteiger partial charge in [-0.05, 0) is 59.9 Å². The van der Waals surface area contributed by atoms with Crippen LogP contribution >= 0.6 is 11.8 Å². The van der Waals surface area contributed by atoms with Crippen molar-refractivity contribution in [3.63, 3.8) is 0 Å². The van der Waals surface area contributed by atoms with Gasteiger partial charge in [0.2, 0.25) is 5.91 Å². The minimum Gasteiger partial charge on any atom is -0.406 e. The number of nitrogens with zero attached hydrogens (tertiary/aromatic N) is 6. The molecule has 1 aromatic heterocycles. The van der Waals surface area contributed by atoms with E-state index in [0.717, 1.165) is 11.1 Å². The monoisotopic (exact) mass is 647 g/mol. The fraction of sp³-hybridized carbons (Fsp3) is 0.250. The number of carbonyl (C=O) groups is 2. The highest BCUT2D eigenvalue weighted by Crippen LogP contribution is 2.35. The summed E-state index contributed by atoms with van der Waals surface area (Å²) in [7, 11) is 0. The van der Waals surface area contributed by atoms with Crippen molar-refractivity contribution < 1.29 is 27.5 Å². The number of amides is 3. The molecule has 10 nitrogen and oxygen atoms in total. The molecule has 1 fully saturated rings. The van der Waals surface area contributed by atoms with Gasteiger partial charge in [-0.1, -0.05) is 62.0 Å². The third-order valence-corrected chi connectivity index (χ3v) is 8.02. The summed E-state index contributed by atoms with van der Waals surface area (Å²) < 4.78 is 42.6. The first kappa shape index (κ1) is 32.2. The Balaban J connectivity index is 1.23. The number of amidine groups is 1. The lowest BCUT2D eigenvalue weighted by Gasteiger charge is -2.23. The average Bonchev–Trinajstić information content (AvgIpc) is 3.64. The van der Waals surface area contributed by atoms with Crippen molar-refractivity contribution >= 4 is 34.6 Å². The van der Waals surface area contributed by atoms with E-state index >= 15 is 0 Å². The normalized spacial score (nSPS) is 14.9. The van der Waals surface area contributed by atoms with Crippen LogP contribution in [0.15, 0.2) is 78.0 Å². The molecule has 0 spiro atoms. The van der Waals surface area contributed by atoms with E-state index in [1.165, 1.54) is 51.9 Å². The third-order valence-electron chi connectivity index (χ3n) is 7.09. The lowest BCUT2D eigenvalue weighted by Crippen LogP contribution is -2.33. The van der Waals surface area contributed by atoms with Gasteiger partial charge in [-0.2, -0.15) is 10.3 Å². The molecule has 2 heterocycles. The molecule has 46 heavy (non-hydrogen) atoms. The Kier molecular flexibility index (Phi) is 9.43. The zero-order valence-corrected chi connectivity index (χ0v) is 25.8. The fourth-order valence-corrected chi connectivity index (χ4v) is 5.89. The Bertz CT molecular complexity index is 1810.